The van der Waals surface area contributed by atoms with Gasteiger partial charge in [0.15, 0.2) is 0 Å². The molecule has 4 rings (SSSR count). The summed E-state index contributed by atoms with van der Waals surface area (Å²) in [5.41, 5.74) is 3.94. The lowest BCUT2D eigenvalue weighted by Gasteiger charge is -2.23. The summed E-state index contributed by atoms with van der Waals surface area (Å²) in [5, 5.41) is 18.7. The standard InChI is InChI=1S/C20H17FN4/c1-20(2,3)19-16(10-22)15-9-17-12(11-23-24-17)8-18(15)25(19)14-6-4-13(21)5-7-14/h4-9,11H,1-3H3,(H,23,24). The third-order valence-corrected chi connectivity index (χ3v) is 4.43. The fraction of sp³-hybridized carbons (Fsp3) is 0.200. The summed E-state index contributed by atoms with van der Waals surface area (Å²) in [5.74, 6) is -0.282. The number of hydrogen-bond acceptors (Lipinski definition) is 2. The first-order valence-corrected chi connectivity index (χ1v) is 8.08. The Morgan fingerprint density at radius 1 is 1.16 bits per heavy atom. The molecule has 0 amide bonds. The smallest absolute Gasteiger partial charge is 0.123 e. The van der Waals surface area contributed by atoms with E-state index < -0.39 is 0 Å². The van der Waals surface area contributed by atoms with Gasteiger partial charge in [-0.25, -0.2) is 4.39 Å². The molecule has 2 aromatic carbocycles. The Bertz CT molecular complexity index is 1140. The predicted octanol–water partition coefficient (Wildman–Crippen LogP) is 4.82. The topological polar surface area (TPSA) is 57.4 Å². The van der Waals surface area contributed by atoms with Crippen LogP contribution in [0.3, 0.4) is 0 Å². The van der Waals surface area contributed by atoms with E-state index >= 15 is 0 Å². The molecule has 2 heterocycles. The summed E-state index contributed by atoms with van der Waals surface area (Å²) < 4.78 is 15.5. The largest absolute Gasteiger partial charge is 0.312 e. The highest BCUT2D eigenvalue weighted by Crippen LogP contribution is 2.38. The molecule has 0 saturated carbocycles. The van der Waals surface area contributed by atoms with Crippen LogP contribution in [0.15, 0.2) is 42.6 Å². The van der Waals surface area contributed by atoms with Gasteiger partial charge < -0.3 is 4.57 Å². The van der Waals surface area contributed by atoms with E-state index in [2.05, 4.69) is 41.6 Å². The first-order valence-electron chi connectivity index (χ1n) is 8.08. The quantitative estimate of drug-likeness (QED) is 0.543. The van der Waals surface area contributed by atoms with E-state index in [1.165, 1.54) is 12.1 Å². The van der Waals surface area contributed by atoms with Gasteiger partial charge in [-0.3, -0.25) is 5.10 Å². The van der Waals surface area contributed by atoms with Gasteiger partial charge in [-0.2, -0.15) is 10.4 Å². The summed E-state index contributed by atoms with van der Waals surface area (Å²) in [7, 11) is 0. The maximum atomic E-state index is 13.4. The van der Waals surface area contributed by atoms with Gasteiger partial charge in [0, 0.05) is 27.6 Å². The molecule has 5 heteroatoms. The van der Waals surface area contributed by atoms with Crippen molar-refractivity contribution in [1.29, 1.82) is 5.26 Å². The molecule has 1 N–H and O–H groups in total. The minimum absolute atomic E-state index is 0.259. The Kier molecular flexibility index (Phi) is 3.19. The average Bonchev–Trinajstić information content (AvgIpc) is 3.14. The number of nitriles is 1. The molecule has 0 bridgehead atoms. The monoisotopic (exact) mass is 332 g/mol. The zero-order valence-corrected chi connectivity index (χ0v) is 14.3. The average molecular weight is 332 g/mol. The van der Waals surface area contributed by atoms with Gasteiger partial charge in [-0.1, -0.05) is 20.8 Å². The number of H-pyrrole nitrogens is 1. The predicted molar refractivity (Wildman–Crippen MR) is 96.3 cm³/mol. The zero-order valence-electron chi connectivity index (χ0n) is 14.3. The summed E-state index contributed by atoms with van der Waals surface area (Å²) in [6, 6.07) is 12.7. The van der Waals surface area contributed by atoms with Crippen molar-refractivity contribution in [2.45, 2.75) is 26.2 Å². The van der Waals surface area contributed by atoms with Crippen molar-refractivity contribution in [2.24, 2.45) is 0 Å². The van der Waals surface area contributed by atoms with E-state index in [9.17, 15) is 9.65 Å². The molecule has 25 heavy (non-hydrogen) atoms. The molecular weight excluding hydrogens is 315 g/mol. The van der Waals surface area contributed by atoms with Gasteiger partial charge in [-0.15, -0.1) is 0 Å². The maximum Gasteiger partial charge on any atom is 0.123 e. The molecule has 0 spiro atoms. The second kappa shape index (κ2) is 5.18. The molecule has 0 unspecified atom stereocenters. The van der Waals surface area contributed by atoms with E-state index in [4.69, 9.17) is 0 Å². The normalized spacial score (nSPS) is 12.0. The summed E-state index contributed by atoms with van der Waals surface area (Å²) >= 11 is 0. The Labute approximate surface area is 144 Å². The summed E-state index contributed by atoms with van der Waals surface area (Å²) in [6.45, 7) is 6.24. The fourth-order valence-electron chi connectivity index (χ4n) is 3.41. The second-order valence-electron chi connectivity index (χ2n) is 7.22. The molecule has 0 aliphatic carbocycles. The highest BCUT2D eigenvalue weighted by atomic mass is 19.1. The SMILES string of the molecule is CC(C)(C)c1c(C#N)c2cc3[nH]ncc3cc2n1-c1ccc(F)cc1. The van der Waals surface area contributed by atoms with E-state index in [1.54, 1.807) is 18.3 Å². The van der Waals surface area contributed by atoms with Crippen LogP contribution >= 0.6 is 0 Å². The van der Waals surface area contributed by atoms with E-state index in [0.717, 1.165) is 33.2 Å². The van der Waals surface area contributed by atoms with Crippen LogP contribution in [0.5, 0.6) is 0 Å². The van der Waals surface area contributed by atoms with Crippen molar-refractivity contribution >= 4 is 21.8 Å². The summed E-state index contributed by atoms with van der Waals surface area (Å²) in [6.07, 6.45) is 1.76. The number of aromatic nitrogens is 3. The van der Waals surface area contributed by atoms with Crippen LogP contribution in [0.1, 0.15) is 32.0 Å². The molecule has 4 aromatic rings. The lowest BCUT2D eigenvalue weighted by Crippen LogP contribution is -2.18. The zero-order chi connectivity index (χ0) is 17.8. The number of fused-ring (bicyclic) bond motifs is 2. The molecule has 0 aliphatic rings. The van der Waals surface area contributed by atoms with Crippen molar-refractivity contribution in [1.82, 2.24) is 14.8 Å². The van der Waals surface area contributed by atoms with Gasteiger partial charge >= 0.3 is 0 Å². The van der Waals surface area contributed by atoms with Crippen molar-refractivity contribution in [3.63, 3.8) is 0 Å². The number of aromatic amines is 1. The molecule has 124 valence electrons. The van der Waals surface area contributed by atoms with Gasteiger partial charge in [0.1, 0.15) is 11.9 Å². The number of halogens is 1. The van der Waals surface area contributed by atoms with Crippen LogP contribution in [0.4, 0.5) is 4.39 Å². The van der Waals surface area contributed by atoms with Gasteiger partial charge in [0.25, 0.3) is 0 Å². The highest BCUT2D eigenvalue weighted by molar-refractivity contribution is 6.00. The minimum atomic E-state index is -0.282. The molecule has 2 aromatic heterocycles. The number of benzene rings is 2. The van der Waals surface area contributed by atoms with E-state index in [1.807, 2.05) is 12.1 Å². The van der Waals surface area contributed by atoms with Crippen LogP contribution in [-0.4, -0.2) is 14.8 Å². The Morgan fingerprint density at radius 2 is 1.88 bits per heavy atom. The fourth-order valence-corrected chi connectivity index (χ4v) is 3.41. The molecule has 0 radical (unpaired) electrons. The molecule has 0 atom stereocenters. The van der Waals surface area contributed by atoms with Gasteiger partial charge in [0.05, 0.1) is 22.8 Å². The second-order valence-corrected chi connectivity index (χ2v) is 7.22. The number of nitrogens with one attached hydrogen (secondary N) is 1. The molecular formula is C20H17FN4. The van der Waals surface area contributed by atoms with E-state index in [0.29, 0.717) is 5.56 Å². The number of hydrogen-bond donors (Lipinski definition) is 1. The van der Waals surface area contributed by atoms with E-state index in [-0.39, 0.29) is 11.2 Å². The maximum absolute atomic E-state index is 13.4. The van der Waals surface area contributed by atoms with Crippen LogP contribution < -0.4 is 0 Å². The number of nitrogens with zero attached hydrogens (tertiary/aromatic N) is 3. The van der Waals surface area contributed by atoms with Crippen molar-refractivity contribution < 1.29 is 4.39 Å². The Hall–Kier alpha value is -3.13. The minimum Gasteiger partial charge on any atom is -0.312 e. The first kappa shape index (κ1) is 15.4. The molecule has 4 nitrogen and oxygen atoms in total. The van der Waals surface area contributed by atoms with Crippen LogP contribution in [0.2, 0.25) is 0 Å². The Balaban J connectivity index is 2.21. The van der Waals surface area contributed by atoms with Crippen LogP contribution in [0, 0.1) is 17.1 Å². The van der Waals surface area contributed by atoms with Crippen molar-refractivity contribution in [2.75, 3.05) is 0 Å². The molecule has 0 aliphatic heterocycles. The van der Waals surface area contributed by atoms with Crippen LogP contribution in [0.25, 0.3) is 27.5 Å². The number of rotatable bonds is 1. The molecule has 0 saturated heterocycles. The summed E-state index contributed by atoms with van der Waals surface area (Å²) in [4.78, 5) is 0. The highest BCUT2D eigenvalue weighted by Gasteiger charge is 2.28. The third-order valence-electron chi connectivity index (χ3n) is 4.43. The van der Waals surface area contributed by atoms with Crippen molar-refractivity contribution in [3.05, 3.63) is 59.7 Å². The lowest BCUT2D eigenvalue weighted by atomic mass is 9.88. The van der Waals surface area contributed by atoms with Gasteiger partial charge in [-0.05, 0) is 36.4 Å². The van der Waals surface area contributed by atoms with Crippen molar-refractivity contribution in [3.8, 4) is 11.8 Å². The lowest BCUT2D eigenvalue weighted by molar-refractivity contribution is 0.557. The van der Waals surface area contributed by atoms with Gasteiger partial charge in [0.2, 0.25) is 0 Å². The first-order chi connectivity index (χ1) is 11.9. The third kappa shape index (κ3) is 2.30. The Morgan fingerprint density at radius 3 is 2.52 bits per heavy atom. The molecule has 0 fully saturated rings. The van der Waals surface area contributed by atoms with Crippen LogP contribution in [-0.2, 0) is 5.41 Å².